The fraction of sp³-hybridized carbons (Fsp3) is 0.190. The van der Waals surface area contributed by atoms with Gasteiger partial charge in [0.25, 0.3) is 9.84 Å². The van der Waals surface area contributed by atoms with Crippen molar-refractivity contribution in [2.24, 2.45) is 0 Å². The van der Waals surface area contributed by atoms with Crippen molar-refractivity contribution in [2.45, 2.75) is 5.51 Å². The number of aromatic nitrogens is 1. The van der Waals surface area contributed by atoms with Crippen molar-refractivity contribution < 1.29 is 40.6 Å². The van der Waals surface area contributed by atoms with Crippen molar-refractivity contribution in [1.29, 1.82) is 0 Å². The van der Waals surface area contributed by atoms with E-state index in [4.69, 9.17) is 14.2 Å². The number of ether oxygens (including phenoxy) is 3. The SMILES string of the molecule is COC(=O)n1c2c(c3ccccc31)OCC(S(=O)(=O)C(F)(F)F)=C2c1ccc(OC)cc1. The molecule has 2 aromatic carbocycles. The Morgan fingerprint density at radius 3 is 2.31 bits per heavy atom. The zero-order valence-corrected chi connectivity index (χ0v) is 17.6. The van der Waals surface area contributed by atoms with Gasteiger partial charge in [0.05, 0.1) is 19.7 Å². The van der Waals surface area contributed by atoms with Crippen LogP contribution in [0.3, 0.4) is 0 Å². The Morgan fingerprint density at radius 2 is 1.72 bits per heavy atom. The molecule has 0 bridgehead atoms. The van der Waals surface area contributed by atoms with Crippen molar-refractivity contribution in [3.8, 4) is 11.5 Å². The molecule has 0 radical (unpaired) electrons. The first-order valence-corrected chi connectivity index (χ1v) is 10.6. The fourth-order valence-corrected chi connectivity index (χ4v) is 4.59. The number of rotatable bonds is 3. The summed E-state index contributed by atoms with van der Waals surface area (Å²) in [6.45, 7) is -0.856. The summed E-state index contributed by atoms with van der Waals surface area (Å²) in [5, 5.41) is 0.419. The molecule has 0 saturated heterocycles. The van der Waals surface area contributed by atoms with Crippen molar-refractivity contribution in [2.75, 3.05) is 20.8 Å². The van der Waals surface area contributed by atoms with E-state index >= 15 is 0 Å². The predicted octanol–water partition coefficient (Wildman–Crippen LogP) is 4.35. The van der Waals surface area contributed by atoms with E-state index in [9.17, 15) is 26.4 Å². The van der Waals surface area contributed by atoms with E-state index < -0.39 is 33.0 Å². The quantitative estimate of drug-likeness (QED) is 0.570. The lowest BCUT2D eigenvalue weighted by Gasteiger charge is -2.24. The van der Waals surface area contributed by atoms with Gasteiger partial charge < -0.3 is 14.2 Å². The second-order valence-electron chi connectivity index (χ2n) is 6.76. The van der Waals surface area contributed by atoms with Crippen molar-refractivity contribution >= 4 is 32.4 Å². The van der Waals surface area contributed by atoms with E-state index in [1.54, 1.807) is 24.3 Å². The van der Waals surface area contributed by atoms with E-state index in [2.05, 4.69) is 0 Å². The molecule has 11 heteroatoms. The van der Waals surface area contributed by atoms with Gasteiger partial charge in [0.15, 0.2) is 5.75 Å². The highest BCUT2D eigenvalue weighted by molar-refractivity contribution is 7.96. The Kier molecular flexibility index (Phi) is 5.16. The van der Waals surface area contributed by atoms with E-state index in [0.717, 1.165) is 11.7 Å². The average Bonchev–Trinajstić information content (AvgIpc) is 3.12. The van der Waals surface area contributed by atoms with Crippen LogP contribution in [0.5, 0.6) is 11.5 Å². The lowest BCUT2D eigenvalue weighted by Crippen LogP contribution is -2.30. The van der Waals surface area contributed by atoms with Crippen LogP contribution in [-0.4, -0.2) is 45.4 Å². The highest BCUT2D eigenvalue weighted by Gasteiger charge is 2.51. The molecule has 1 aromatic heterocycles. The molecule has 2 heterocycles. The van der Waals surface area contributed by atoms with Gasteiger partial charge >= 0.3 is 11.6 Å². The third-order valence-corrected chi connectivity index (χ3v) is 6.64. The molecule has 0 unspecified atom stereocenters. The van der Waals surface area contributed by atoms with Gasteiger partial charge in [-0.3, -0.25) is 0 Å². The standard InChI is InChI=1S/C21H16F3NO6S/c1-29-13-9-7-12(8-10-13)17-16(32(27,28)21(22,23)24)11-31-19-14-5-3-4-6-15(14)25(18(17)19)20(26)30-2/h3-10H,11H2,1-2H3. The van der Waals surface area contributed by atoms with Gasteiger partial charge in [-0.2, -0.15) is 13.2 Å². The Balaban J connectivity index is 2.16. The monoisotopic (exact) mass is 467 g/mol. The number of carbonyl (C=O) groups excluding carboxylic acids is 1. The predicted molar refractivity (Wildman–Crippen MR) is 109 cm³/mol. The highest BCUT2D eigenvalue weighted by atomic mass is 32.2. The third kappa shape index (κ3) is 3.20. The van der Waals surface area contributed by atoms with Crippen molar-refractivity contribution in [3.63, 3.8) is 0 Å². The molecule has 1 aliphatic heterocycles. The first-order valence-electron chi connectivity index (χ1n) is 9.15. The lowest BCUT2D eigenvalue weighted by molar-refractivity contribution is -0.0428. The molecule has 0 spiro atoms. The maximum absolute atomic E-state index is 13.5. The van der Waals surface area contributed by atoms with Crippen LogP contribution in [0.4, 0.5) is 18.0 Å². The summed E-state index contributed by atoms with van der Waals surface area (Å²) in [7, 11) is -3.26. The first kappa shape index (κ1) is 21.8. The Hall–Kier alpha value is -3.47. The van der Waals surface area contributed by atoms with Crippen LogP contribution in [-0.2, 0) is 14.6 Å². The first-order chi connectivity index (χ1) is 15.1. The molecule has 32 heavy (non-hydrogen) atoms. The molecular formula is C21H16F3NO6S. The summed E-state index contributed by atoms with van der Waals surface area (Å²) < 4.78 is 82.0. The van der Waals surface area contributed by atoms with Gasteiger partial charge in [-0.1, -0.05) is 24.3 Å². The average molecular weight is 467 g/mol. The lowest BCUT2D eigenvalue weighted by atomic mass is 9.99. The van der Waals surface area contributed by atoms with Gasteiger partial charge in [-0.15, -0.1) is 0 Å². The molecule has 0 saturated carbocycles. The van der Waals surface area contributed by atoms with Gasteiger partial charge in [0.1, 0.15) is 23.0 Å². The van der Waals surface area contributed by atoms with Crippen LogP contribution in [0.25, 0.3) is 16.5 Å². The number of carbonyl (C=O) groups is 1. The minimum Gasteiger partial charge on any atom is -0.497 e. The molecular weight excluding hydrogens is 451 g/mol. The number of sulfone groups is 1. The number of halogens is 3. The second kappa shape index (κ2) is 7.59. The van der Waals surface area contributed by atoms with Crippen LogP contribution < -0.4 is 9.47 Å². The van der Waals surface area contributed by atoms with Crippen molar-refractivity contribution in [3.05, 3.63) is 64.7 Å². The van der Waals surface area contributed by atoms with E-state index in [-0.39, 0.29) is 22.6 Å². The third-order valence-electron chi connectivity index (χ3n) is 5.06. The molecule has 3 aromatic rings. The smallest absolute Gasteiger partial charge is 0.497 e. The summed E-state index contributed by atoms with van der Waals surface area (Å²) >= 11 is 0. The Morgan fingerprint density at radius 1 is 1.06 bits per heavy atom. The van der Waals surface area contributed by atoms with Crippen LogP contribution in [0.2, 0.25) is 0 Å². The largest absolute Gasteiger partial charge is 0.501 e. The number of methoxy groups -OCH3 is 2. The van der Waals surface area contributed by atoms with Gasteiger partial charge in [0, 0.05) is 11.0 Å². The number of benzene rings is 2. The summed E-state index contributed by atoms with van der Waals surface area (Å²) in [6.07, 6.45) is -0.914. The zero-order chi connectivity index (χ0) is 23.3. The van der Waals surface area contributed by atoms with Crippen LogP contribution in [0.1, 0.15) is 11.3 Å². The number of fused-ring (bicyclic) bond motifs is 3. The summed E-state index contributed by atoms with van der Waals surface area (Å²) in [4.78, 5) is 11.7. The topological polar surface area (TPSA) is 83.8 Å². The van der Waals surface area contributed by atoms with Crippen molar-refractivity contribution in [1.82, 2.24) is 4.57 Å². The summed E-state index contributed by atoms with van der Waals surface area (Å²) in [5.41, 5.74) is -5.58. The zero-order valence-electron chi connectivity index (χ0n) is 16.8. The summed E-state index contributed by atoms with van der Waals surface area (Å²) in [6, 6.07) is 12.2. The maximum Gasteiger partial charge on any atom is 0.501 e. The molecule has 0 fully saturated rings. The fourth-order valence-electron chi connectivity index (χ4n) is 3.61. The molecule has 0 amide bonds. The van der Waals surface area contributed by atoms with Crippen LogP contribution in [0.15, 0.2) is 53.4 Å². The Bertz CT molecular complexity index is 1350. The van der Waals surface area contributed by atoms with E-state index in [1.165, 1.54) is 31.4 Å². The van der Waals surface area contributed by atoms with Gasteiger partial charge in [-0.05, 0) is 29.8 Å². The molecule has 168 valence electrons. The highest BCUT2D eigenvalue weighted by Crippen LogP contribution is 2.47. The van der Waals surface area contributed by atoms with Crippen LogP contribution in [0, 0.1) is 0 Å². The maximum atomic E-state index is 13.5. The number of alkyl halides is 3. The molecule has 0 aliphatic carbocycles. The number of para-hydroxylation sites is 1. The molecule has 0 atom stereocenters. The second-order valence-corrected chi connectivity index (χ2v) is 8.73. The number of hydrogen-bond acceptors (Lipinski definition) is 6. The van der Waals surface area contributed by atoms with E-state index in [0.29, 0.717) is 16.7 Å². The molecule has 7 nitrogen and oxygen atoms in total. The molecule has 0 N–H and O–H groups in total. The number of hydrogen-bond donors (Lipinski definition) is 0. The number of nitrogens with zero attached hydrogens (tertiary/aromatic N) is 1. The minimum atomic E-state index is -5.78. The van der Waals surface area contributed by atoms with Crippen LogP contribution >= 0.6 is 0 Å². The van der Waals surface area contributed by atoms with Gasteiger partial charge in [-0.25, -0.2) is 17.8 Å². The normalized spacial score (nSPS) is 14.2. The molecule has 1 aliphatic rings. The van der Waals surface area contributed by atoms with E-state index in [1.807, 2.05) is 0 Å². The molecule has 4 rings (SSSR count). The summed E-state index contributed by atoms with van der Waals surface area (Å²) in [5.74, 6) is 0.494. The van der Waals surface area contributed by atoms with Gasteiger partial charge in [0.2, 0.25) is 0 Å². The Labute approximate surface area is 180 Å². The minimum absolute atomic E-state index is 0.0814.